The number of benzene rings is 3. The number of methoxy groups -OCH3 is 3. The summed E-state index contributed by atoms with van der Waals surface area (Å²) in [5, 5.41) is 11.1. The minimum atomic E-state index is -4.44. The van der Waals surface area contributed by atoms with Crippen molar-refractivity contribution in [1.82, 2.24) is 4.90 Å². The van der Waals surface area contributed by atoms with Gasteiger partial charge in [-0.3, -0.25) is 15.0 Å². The molecule has 38 heavy (non-hydrogen) atoms. The lowest BCUT2D eigenvalue weighted by molar-refractivity contribution is -0.384. The average Bonchev–Trinajstić information content (AvgIpc) is 2.91. The molecule has 2 aliphatic rings. The van der Waals surface area contributed by atoms with Crippen LogP contribution in [0.1, 0.15) is 28.3 Å². The molecule has 0 spiro atoms. The van der Waals surface area contributed by atoms with Gasteiger partial charge in [-0.05, 0) is 59.9 Å². The SMILES string of the molecule is COc1cc2c(cc1OC)C1Cc3ccc(OC)c(OS(=O)(=O)c4ccc(Cl)c([N+](=O)[O-])c4)c3CN1CC2. The molecule has 12 heteroatoms. The second kappa shape index (κ2) is 9.97. The number of nitrogens with zero attached hydrogens (tertiary/aromatic N) is 2. The maximum atomic E-state index is 13.2. The van der Waals surface area contributed by atoms with Gasteiger partial charge in [-0.1, -0.05) is 17.7 Å². The van der Waals surface area contributed by atoms with Gasteiger partial charge in [0.25, 0.3) is 5.69 Å². The molecule has 200 valence electrons. The standard InChI is InChI=1S/C26H25ClN2O8S/c1-34-23-7-4-15-10-21-18-13-25(36-3)24(35-2)11-16(18)8-9-28(21)14-19(15)26(23)37-38(32,33)17-5-6-20(27)22(12-17)29(30)31/h4-7,11-13,21H,8-10,14H2,1-3H3. The van der Waals surface area contributed by atoms with Crippen LogP contribution in [0.2, 0.25) is 5.02 Å². The Morgan fingerprint density at radius 2 is 1.68 bits per heavy atom. The summed E-state index contributed by atoms with van der Waals surface area (Å²) in [5.74, 6) is 1.65. The molecule has 0 saturated carbocycles. The molecule has 0 amide bonds. The molecule has 0 radical (unpaired) electrons. The summed E-state index contributed by atoms with van der Waals surface area (Å²) >= 11 is 5.86. The number of ether oxygens (including phenoxy) is 3. The van der Waals surface area contributed by atoms with Crippen LogP contribution in [-0.4, -0.2) is 46.1 Å². The van der Waals surface area contributed by atoms with Crippen molar-refractivity contribution in [3.8, 4) is 23.0 Å². The highest BCUT2D eigenvalue weighted by atomic mass is 35.5. The van der Waals surface area contributed by atoms with Crippen molar-refractivity contribution in [3.05, 3.63) is 79.9 Å². The van der Waals surface area contributed by atoms with Gasteiger partial charge in [-0.2, -0.15) is 8.42 Å². The lowest BCUT2D eigenvalue weighted by atomic mass is 9.83. The molecule has 0 saturated heterocycles. The van der Waals surface area contributed by atoms with Gasteiger partial charge in [0.15, 0.2) is 23.0 Å². The molecule has 0 aliphatic carbocycles. The van der Waals surface area contributed by atoms with Gasteiger partial charge in [-0.25, -0.2) is 0 Å². The largest absolute Gasteiger partial charge is 0.493 e. The van der Waals surface area contributed by atoms with Crippen molar-refractivity contribution in [2.24, 2.45) is 0 Å². The Morgan fingerprint density at radius 1 is 0.974 bits per heavy atom. The fraction of sp³-hybridized carbons (Fsp3) is 0.308. The van der Waals surface area contributed by atoms with E-state index >= 15 is 0 Å². The third-order valence-corrected chi connectivity index (χ3v) is 8.56. The van der Waals surface area contributed by atoms with Crippen molar-refractivity contribution in [2.75, 3.05) is 27.9 Å². The first-order valence-electron chi connectivity index (χ1n) is 11.7. The zero-order valence-electron chi connectivity index (χ0n) is 20.9. The van der Waals surface area contributed by atoms with E-state index in [1.165, 1.54) is 18.7 Å². The second-order valence-electron chi connectivity index (χ2n) is 8.99. The number of rotatable bonds is 7. The van der Waals surface area contributed by atoms with E-state index in [0.29, 0.717) is 30.0 Å². The van der Waals surface area contributed by atoms with Crippen molar-refractivity contribution in [2.45, 2.75) is 30.3 Å². The summed E-state index contributed by atoms with van der Waals surface area (Å²) in [6.45, 7) is 1.18. The van der Waals surface area contributed by atoms with E-state index in [1.807, 2.05) is 18.2 Å². The summed E-state index contributed by atoms with van der Waals surface area (Å²) in [6, 6.07) is 10.9. The third-order valence-electron chi connectivity index (χ3n) is 7.03. The second-order valence-corrected chi connectivity index (χ2v) is 10.9. The summed E-state index contributed by atoms with van der Waals surface area (Å²) in [6.07, 6.45) is 1.40. The van der Waals surface area contributed by atoms with Crippen molar-refractivity contribution in [1.29, 1.82) is 0 Å². The van der Waals surface area contributed by atoms with E-state index in [2.05, 4.69) is 4.90 Å². The number of fused-ring (bicyclic) bond motifs is 4. The molecule has 3 aromatic rings. The first kappa shape index (κ1) is 26.1. The van der Waals surface area contributed by atoms with E-state index < -0.39 is 20.7 Å². The van der Waals surface area contributed by atoms with Crippen LogP contribution in [-0.2, 0) is 29.5 Å². The van der Waals surface area contributed by atoms with E-state index in [9.17, 15) is 18.5 Å². The quantitative estimate of drug-likeness (QED) is 0.230. The minimum Gasteiger partial charge on any atom is -0.493 e. The van der Waals surface area contributed by atoms with Crippen LogP contribution in [0.5, 0.6) is 23.0 Å². The molecule has 0 aromatic heterocycles. The molecule has 2 aliphatic heterocycles. The number of hydrogen-bond acceptors (Lipinski definition) is 9. The van der Waals surface area contributed by atoms with Crippen molar-refractivity contribution >= 4 is 27.4 Å². The molecule has 5 rings (SSSR count). The number of nitro benzene ring substituents is 1. The normalized spacial score (nSPS) is 16.6. The van der Waals surface area contributed by atoms with Gasteiger partial charge in [0.05, 0.1) is 26.3 Å². The molecule has 10 nitrogen and oxygen atoms in total. The molecule has 0 bridgehead atoms. The highest BCUT2D eigenvalue weighted by Gasteiger charge is 2.36. The Balaban J connectivity index is 1.53. The molecule has 3 aromatic carbocycles. The van der Waals surface area contributed by atoms with Crippen LogP contribution in [0.25, 0.3) is 0 Å². The maximum absolute atomic E-state index is 13.2. The molecule has 0 N–H and O–H groups in total. The van der Waals surface area contributed by atoms with Gasteiger partial charge in [0, 0.05) is 30.8 Å². The van der Waals surface area contributed by atoms with Crippen LogP contribution in [0.3, 0.4) is 0 Å². The van der Waals surface area contributed by atoms with Crippen LogP contribution >= 0.6 is 11.6 Å². The zero-order chi connectivity index (χ0) is 27.2. The highest BCUT2D eigenvalue weighted by Crippen LogP contribution is 2.46. The van der Waals surface area contributed by atoms with Gasteiger partial charge in [0.2, 0.25) is 0 Å². The highest BCUT2D eigenvalue weighted by molar-refractivity contribution is 7.87. The fourth-order valence-corrected chi connectivity index (χ4v) is 6.30. The zero-order valence-corrected chi connectivity index (χ0v) is 22.5. The van der Waals surface area contributed by atoms with Gasteiger partial charge < -0.3 is 18.4 Å². The Kier molecular flexibility index (Phi) is 6.84. The number of halogens is 1. The smallest absolute Gasteiger partial charge is 0.339 e. The predicted molar refractivity (Wildman–Crippen MR) is 139 cm³/mol. The van der Waals surface area contributed by atoms with Crippen molar-refractivity contribution in [3.63, 3.8) is 0 Å². The lowest BCUT2D eigenvalue weighted by Crippen LogP contribution is -2.39. The van der Waals surface area contributed by atoms with E-state index in [4.69, 9.17) is 30.0 Å². The van der Waals surface area contributed by atoms with Gasteiger partial charge in [0.1, 0.15) is 9.92 Å². The number of nitro groups is 1. The molecule has 2 heterocycles. The summed E-state index contributed by atoms with van der Waals surface area (Å²) in [5.41, 5.74) is 3.40. The van der Waals surface area contributed by atoms with Crippen LogP contribution in [0.15, 0.2) is 47.4 Å². The van der Waals surface area contributed by atoms with Crippen molar-refractivity contribution < 1.29 is 31.7 Å². The molecule has 1 atom stereocenters. The topological polar surface area (TPSA) is 117 Å². The van der Waals surface area contributed by atoms with Crippen LogP contribution in [0.4, 0.5) is 5.69 Å². The number of hydrogen-bond donors (Lipinski definition) is 0. The summed E-state index contributed by atoms with van der Waals surface area (Å²) < 4.78 is 48.6. The third kappa shape index (κ3) is 4.50. The Bertz CT molecular complexity index is 1540. The monoisotopic (exact) mass is 560 g/mol. The Hall–Kier alpha value is -3.54. The minimum absolute atomic E-state index is 0.0582. The average molecular weight is 561 g/mol. The molecular formula is C26H25ClN2O8S. The van der Waals surface area contributed by atoms with E-state index in [-0.39, 0.29) is 27.5 Å². The van der Waals surface area contributed by atoms with E-state index in [0.717, 1.165) is 36.2 Å². The molecular weight excluding hydrogens is 536 g/mol. The van der Waals surface area contributed by atoms with Gasteiger partial charge in [-0.15, -0.1) is 0 Å². The summed E-state index contributed by atoms with van der Waals surface area (Å²) in [4.78, 5) is 12.4. The lowest BCUT2D eigenvalue weighted by Gasteiger charge is -2.42. The van der Waals surface area contributed by atoms with Gasteiger partial charge >= 0.3 is 10.1 Å². The maximum Gasteiger partial charge on any atom is 0.339 e. The summed E-state index contributed by atoms with van der Waals surface area (Å²) in [7, 11) is 0.205. The molecule has 0 fully saturated rings. The Labute approximate surface area is 224 Å². The fourth-order valence-electron chi connectivity index (χ4n) is 5.13. The predicted octanol–water partition coefficient (Wildman–Crippen LogP) is 4.70. The molecule has 1 unspecified atom stereocenters. The first-order valence-corrected chi connectivity index (χ1v) is 13.5. The Morgan fingerprint density at radius 3 is 2.37 bits per heavy atom. The van der Waals surface area contributed by atoms with Crippen LogP contribution < -0.4 is 18.4 Å². The van der Waals surface area contributed by atoms with E-state index in [1.54, 1.807) is 20.3 Å². The first-order chi connectivity index (χ1) is 18.2. The van der Waals surface area contributed by atoms with Crippen LogP contribution in [0, 0.1) is 10.1 Å².